The molecular weight excluding hydrogens is 264 g/mol. The Morgan fingerprint density at radius 1 is 1.21 bits per heavy atom. The zero-order valence-electron chi connectivity index (χ0n) is 12.2. The molecule has 0 bridgehead atoms. The summed E-state index contributed by atoms with van der Waals surface area (Å²) >= 11 is 0. The molecule has 0 aromatic rings. The Morgan fingerprint density at radius 2 is 1.79 bits per heavy atom. The Bertz CT molecular complexity index is 349. The molecule has 0 radical (unpaired) electrons. The SMILES string of the molecule is CCCCN(C)S(=O)(=O)NCC1(O)CCCCCC1. The number of aliphatic hydroxyl groups is 1. The molecule has 0 amide bonds. The first-order valence-corrected chi connectivity index (χ1v) is 8.77. The largest absolute Gasteiger partial charge is 0.389 e. The van der Waals surface area contributed by atoms with Crippen molar-refractivity contribution in [3.8, 4) is 0 Å². The van der Waals surface area contributed by atoms with Crippen molar-refractivity contribution in [3.05, 3.63) is 0 Å². The topological polar surface area (TPSA) is 69.6 Å². The molecular formula is C13H28N2O3S. The normalized spacial score (nSPS) is 20.4. The number of nitrogens with zero attached hydrogens (tertiary/aromatic N) is 1. The molecule has 5 nitrogen and oxygen atoms in total. The molecule has 6 heteroatoms. The van der Waals surface area contributed by atoms with Crippen LogP contribution in [0.3, 0.4) is 0 Å². The van der Waals surface area contributed by atoms with Gasteiger partial charge in [0.2, 0.25) is 0 Å². The molecule has 0 spiro atoms. The Kier molecular flexibility index (Phi) is 6.73. The van der Waals surface area contributed by atoms with E-state index in [1.807, 2.05) is 6.92 Å². The maximum absolute atomic E-state index is 12.0. The molecule has 1 saturated carbocycles. The van der Waals surface area contributed by atoms with Gasteiger partial charge in [0, 0.05) is 20.1 Å². The molecule has 0 unspecified atom stereocenters. The first kappa shape index (κ1) is 16.9. The van der Waals surface area contributed by atoms with Crippen LogP contribution in [0.25, 0.3) is 0 Å². The minimum Gasteiger partial charge on any atom is -0.389 e. The quantitative estimate of drug-likeness (QED) is 0.701. The minimum atomic E-state index is -3.46. The van der Waals surface area contributed by atoms with Gasteiger partial charge < -0.3 is 5.11 Å². The molecule has 0 atom stereocenters. The van der Waals surface area contributed by atoms with Gasteiger partial charge in [-0.3, -0.25) is 0 Å². The van der Waals surface area contributed by atoms with E-state index in [1.165, 1.54) is 4.31 Å². The van der Waals surface area contributed by atoms with Crippen molar-refractivity contribution in [3.63, 3.8) is 0 Å². The lowest BCUT2D eigenvalue weighted by Gasteiger charge is -2.28. The molecule has 1 aliphatic carbocycles. The van der Waals surface area contributed by atoms with E-state index in [9.17, 15) is 13.5 Å². The van der Waals surface area contributed by atoms with Crippen LogP contribution >= 0.6 is 0 Å². The average molecular weight is 292 g/mol. The second kappa shape index (κ2) is 7.57. The monoisotopic (exact) mass is 292 g/mol. The Balaban J connectivity index is 2.49. The van der Waals surface area contributed by atoms with E-state index in [-0.39, 0.29) is 6.54 Å². The van der Waals surface area contributed by atoms with E-state index >= 15 is 0 Å². The van der Waals surface area contributed by atoms with Crippen molar-refractivity contribution in [2.24, 2.45) is 0 Å². The van der Waals surface area contributed by atoms with Crippen LogP contribution in [0.2, 0.25) is 0 Å². The van der Waals surface area contributed by atoms with Crippen molar-refractivity contribution in [2.75, 3.05) is 20.1 Å². The summed E-state index contributed by atoms with van der Waals surface area (Å²) in [4.78, 5) is 0. The van der Waals surface area contributed by atoms with Gasteiger partial charge in [-0.05, 0) is 19.3 Å². The van der Waals surface area contributed by atoms with Gasteiger partial charge in [0.05, 0.1) is 5.60 Å². The van der Waals surface area contributed by atoms with Gasteiger partial charge in [0.1, 0.15) is 0 Å². The Labute approximate surface area is 117 Å². The minimum absolute atomic E-state index is 0.131. The van der Waals surface area contributed by atoms with Crippen molar-refractivity contribution in [2.45, 2.75) is 63.9 Å². The number of unbranched alkanes of at least 4 members (excludes halogenated alkanes) is 1. The lowest BCUT2D eigenvalue weighted by Crippen LogP contribution is -2.47. The smallest absolute Gasteiger partial charge is 0.279 e. The lowest BCUT2D eigenvalue weighted by atomic mass is 9.95. The highest BCUT2D eigenvalue weighted by Gasteiger charge is 2.30. The van der Waals surface area contributed by atoms with Crippen molar-refractivity contribution in [1.29, 1.82) is 0 Å². The summed E-state index contributed by atoms with van der Waals surface area (Å²) in [6.07, 6.45) is 7.40. The predicted molar refractivity (Wildman–Crippen MR) is 77.1 cm³/mol. The first-order valence-electron chi connectivity index (χ1n) is 7.33. The van der Waals surface area contributed by atoms with Crippen LogP contribution in [-0.4, -0.2) is 43.6 Å². The number of nitrogens with one attached hydrogen (secondary N) is 1. The Hall–Kier alpha value is -0.170. The zero-order valence-corrected chi connectivity index (χ0v) is 13.0. The molecule has 0 heterocycles. The van der Waals surface area contributed by atoms with E-state index in [0.717, 1.165) is 38.5 Å². The summed E-state index contributed by atoms with van der Waals surface area (Å²) in [5, 5.41) is 10.4. The van der Waals surface area contributed by atoms with Crippen LogP contribution in [0.15, 0.2) is 0 Å². The molecule has 1 fully saturated rings. The fourth-order valence-corrected chi connectivity index (χ4v) is 3.44. The van der Waals surface area contributed by atoms with Gasteiger partial charge in [-0.1, -0.05) is 39.0 Å². The van der Waals surface area contributed by atoms with Crippen molar-refractivity contribution < 1.29 is 13.5 Å². The molecule has 1 rings (SSSR count). The molecule has 0 aromatic heterocycles. The van der Waals surface area contributed by atoms with Crippen molar-refractivity contribution in [1.82, 2.24) is 9.03 Å². The van der Waals surface area contributed by atoms with Gasteiger partial charge in [-0.25, -0.2) is 0 Å². The summed E-state index contributed by atoms with van der Waals surface area (Å²) in [6, 6.07) is 0. The highest BCUT2D eigenvalue weighted by molar-refractivity contribution is 7.87. The summed E-state index contributed by atoms with van der Waals surface area (Å²) in [6.45, 7) is 2.68. The average Bonchev–Trinajstić information content (AvgIpc) is 2.59. The summed E-state index contributed by atoms with van der Waals surface area (Å²) in [5.41, 5.74) is -0.866. The van der Waals surface area contributed by atoms with E-state index < -0.39 is 15.8 Å². The van der Waals surface area contributed by atoms with Crippen LogP contribution in [0.1, 0.15) is 58.3 Å². The molecule has 0 saturated heterocycles. The number of hydrogen-bond donors (Lipinski definition) is 2. The van der Waals surface area contributed by atoms with E-state index in [1.54, 1.807) is 7.05 Å². The predicted octanol–water partition coefficient (Wildman–Crippen LogP) is 1.64. The molecule has 2 N–H and O–H groups in total. The first-order chi connectivity index (χ1) is 8.90. The van der Waals surface area contributed by atoms with Gasteiger partial charge in [0.15, 0.2) is 0 Å². The Morgan fingerprint density at radius 3 is 2.32 bits per heavy atom. The highest BCUT2D eigenvalue weighted by atomic mass is 32.2. The second-order valence-electron chi connectivity index (χ2n) is 5.64. The molecule has 114 valence electrons. The highest BCUT2D eigenvalue weighted by Crippen LogP contribution is 2.26. The maximum atomic E-state index is 12.0. The number of hydrogen-bond acceptors (Lipinski definition) is 3. The zero-order chi connectivity index (χ0) is 14.4. The third-order valence-corrected chi connectivity index (χ3v) is 5.37. The van der Waals surface area contributed by atoms with E-state index in [0.29, 0.717) is 19.4 Å². The van der Waals surface area contributed by atoms with E-state index in [4.69, 9.17) is 0 Å². The van der Waals surface area contributed by atoms with Gasteiger partial charge in [0.25, 0.3) is 10.2 Å². The second-order valence-corrected chi connectivity index (χ2v) is 7.50. The summed E-state index contributed by atoms with van der Waals surface area (Å²) in [5.74, 6) is 0. The van der Waals surface area contributed by atoms with Crippen LogP contribution in [0.4, 0.5) is 0 Å². The van der Waals surface area contributed by atoms with E-state index in [2.05, 4.69) is 4.72 Å². The summed E-state index contributed by atoms with van der Waals surface area (Å²) < 4.78 is 27.9. The van der Waals surface area contributed by atoms with Crippen LogP contribution in [0, 0.1) is 0 Å². The third kappa shape index (κ3) is 5.77. The van der Waals surface area contributed by atoms with Crippen LogP contribution < -0.4 is 4.72 Å². The summed E-state index contributed by atoms with van der Waals surface area (Å²) in [7, 11) is -1.88. The lowest BCUT2D eigenvalue weighted by molar-refractivity contribution is 0.0300. The molecule has 1 aliphatic rings. The van der Waals surface area contributed by atoms with Crippen LogP contribution in [0.5, 0.6) is 0 Å². The van der Waals surface area contributed by atoms with Gasteiger partial charge in [-0.15, -0.1) is 0 Å². The molecule has 19 heavy (non-hydrogen) atoms. The van der Waals surface area contributed by atoms with Gasteiger partial charge >= 0.3 is 0 Å². The molecule has 0 aliphatic heterocycles. The maximum Gasteiger partial charge on any atom is 0.279 e. The fourth-order valence-electron chi connectivity index (χ4n) is 2.40. The van der Waals surface area contributed by atoms with Crippen molar-refractivity contribution >= 4 is 10.2 Å². The fraction of sp³-hybridized carbons (Fsp3) is 1.00. The standard InChI is InChI=1S/C13H28N2O3S/c1-3-4-11-15(2)19(17,18)14-12-13(16)9-7-5-6-8-10-13/h14,16H,3-12H2,1-2H3. The number of rotatable bonds is 7. The third-order valence-electron chi connectivity index (χ3n) is 3.85. The van der Waals surface area contributed by atoms with Crippen LogP contribution in [-0.2, 0) is 10.2 Å². The molecule has 0 aromatic carbocycles. The van der Waals surface area contributed by atoms with Gasteiger partial charge in [-0.2, -0.15) is 17.4 Å².